The van der Waals surface area contributed by atoms with Crippen LogP contribution in [0, 0.1) is 5.92 Å². The van der Waals surface area contributed by atoms with E-state index < -0.39 is 23.9 Å². The van der Waals surface area contributed by atoms with Crippen LogP contribution in [0.25, 0.3) is 0 Å². The first kappa shape index (κ1) is 22.7. The highest BCUT2D eigenvalue weighted by molar-refractivity contribution is 5.97. The second kappa shape index (κ2) is 10.8. The smallest absolute Gasteiger partial charge is 0.319 e. The van der Waals surface area contributed by atoms with Gasteiger partial charge in [0, 0.05) is 40.3 Å². The summed E-state index contributed by atoms with van der Waals surface area (Å²) >= 11 is 0. The summed E-state index contributed by atoms with van der Waals surface area (Å²) in [7, 11) is 3.17. The van der Waals surface area contributed by atoms with E-state index >= 15 is 0 Å². The third-order valence-corrected chi connectivity index (χ3v) is 5.34. The average molecular weight is 405 g/mol. The predicted octanol–water partition coefficient (Wildman–Crippen LogP) is 1.81. The van der Waals surface area contributed by atoms with Crippen molar-refractivity contribution in [2.75, 3.05) is 40.3 Å². The van der Waals surface area contributed by atoms with Crippen LogP contribution in [0.15, 0.2) is 30.3 Å². The number of rotatable bonds is 7. The van der Waals surface area contributed by atoms with Crippen LogP contribution in [0.2, 0.25) is 0 Å². The van der Waals surface area contributed by atoms with E-state index in [4.69, 9.17) is 0 Å². The Morgan fingerprint density at radius 3 is 2.07 bits per heavy atom. The number of urea groups is 1. The number of hydrogen-bond donors (Lipinski definition) is 2. The first-order valence-electron chi connectivity index (χ1n) is 10.0. The summed E-state index contributed by atoms with van der Waals surface area (Å²) in [6.45, 7) is 1.94. The molecule has 0 spiro atoms. The summed E-state index contributed by atoms with van der Waals surface area (Å²) in [5.74, 6) is -3.68. The van der Waals surface area contributed by atoms with E-state index in [-0.39, 0.29) is 19.1 Å². The maximum Gasteiger partial charge on any atom is 0.319 e. The molecule has 8 nitrogen and oxygen atoms in total. The number of aliphatic hydroxyl groups is 1. The first-order valence-corrected chi connectivity index (χ1v) is 10.0. The molecule has 1 heterocycles. The van der Waals surface area contributed by atoms with Crippen LogP contribution in [0.5, 0.6) is 0 Å². The van der Waals surface area contributed by atoms with Crippen LogP contribution in [0.3, 0.4) is 0 Å². The summed E-state index contributed by atoms with van der Waals surface area (Å²) in [4.78, 5) is 41.6. The molecule has 160 valence electrons. The molecule has 29 heavy (non-hydrogen) atoms. The van der Waals surface area contributed by atoms with Crippen LogP contribution in [0.4, 0.5) is 4.79 Å². The lowest BCUT2D eigenvalue weighted by Crippen LogP contribution is -2.46. The molecule has 1 unspecified atom stereocenters. The van der Waals surface area contributed by atoms with E-state index in [1.165, 1.54) is 11.9 Å². The summed E-state index contributed by atoms with van der Waals surface area (Å²) in [5, 5.41) is 19.9. The number of carbonyl (C=O) groups excluding carboxylic acids is 2. The van der Waals surface area contributed by atoms with Gasteiger partial charge >= 0.3 is 12.0 Å². The molecule has 2 atom stereocenters. The molecule has 1 fully saturated rings. The van der Waals surface area contributed by atoms with Gasteiger partial charge < -0.3 is 24.9 Å². The molecule has 2 N–H and O–H groups in total. The van der Waals surface area contributed by atoms with Gasteiger partial charge in [0.05, 0.1) is 0 Å². The highest BCUT2D eigenvalue weighted by atomic mass is 16.4. The number of carboxylic acids is 1. The van der Waals surface area contributed by atoms with Crippen molar-refractivity contribution in [3.05, 3.63) is 35.9 Å². The topological polar surface area (TPSA) is 101 Å². The van der Waals surface area contributed by atoms with Crippen molar-refractivity contribution in [3.63, 3.8) is 0 Å². The fourth-order valence-corrected chi connectivity index (χ4v) is 3.47. The molecule has 1 aromatic carbocycles. The van der Waals surface area contributed by atoms with Crippen LogP contribution >= 0.6 is 0 Å². The molecule has 1 aromatic rings. The van der Waals surface area contributed by atoms with Gasteiger partial charge in [-0.3, -0.25) is 9.59 Å². The third-order valence-electron chi connectivity index (χ3n) is 5.34. The number of nitrogens with zero attached hydrogens (tertiary/aromatic N) is 3. The lowest BCUT2D eigenvalue weighted by molar-refractivity contribution is -0.156. The number of carbonyl (C=O) groups is 3. The Balaban J connectivity index is 1.95. The Morgan fingerprint density at radius 1 is 0.966 bits per heavy atom. The van der Waals surface area contributed by atoms with Crippen molar-refractivity contribution in [1.82, 2.24) is 14.7 Å². The van der Waals surface area contributed by atoms with Crippen LogP contribution in [0.1, 0.15) is 37.4 Å². The minimum Gasteiger partial charge on any atom is -0.481 e. The van der Waals surface area contributed by atoms with E-state index in [0.29, 0.717) is 5.56 Å². The Hall–Kier alpha value is -2.61. The molecule has 2 rings (SSSR count). The molecular formula is C21H31N3O5. The molecule has 3 amide bonds. The zero-order chi connectivity index (χ0) is 21.4. The first-order chi connectivity index (χ1) is 13.8. The number of aliphatic carboxylic acids is 1. The number of likely N-dealkylation sites (tertiary alicyclic amines) is 1. The standard InChI is InChI=1S/C21H31N3O5/c1-22(14-15-23(2)21(29)24-12-8-3-4-9-13-24)19(26)17(20(27)28)18(25)16-10-6-5-7-11-16/h5-7,10-11,17-18,25H,3-4,8-9,12-15H2,1-2H3,(H,27,28)/t17-,18?/m0/s1. The molecule has 1 aliphatic rings. The maximum absolute atomic E-state index is 12.7. The van der Waals surface area contributed by atoms with Gasteiger partial charge in [0.1, 0.15) is 6.10 Å². The quantitative estimate of drug-likeness (QED) is 0.674. The molecule has 0 bridgehead atoms. The normalized spacial score (nSPS) is 16.4. The summed E-state index contributed by atoms with van der Waals surface area (Å²) in [5.41, 5.74) is 0.370. The lowest BCUT2D eigenvalue weighted by Gasteiger charge is -2.29. The number of hydrogen-bond acceptors (Lipinski definition) is 4. The SMILES string of the molecule is CN(CCN(C)C(=O)N1CCCCCC1)C(=O)[C@@H](C(=O)O)C(O)c1ccccc1. The molecule has 0 saturated carbocycles. The summed E-state index contributed by atoms with van der Waals surface area (Å²) < 4.78 is 0. The molecular weight excluding hydrogens is 374 g/mol. The van der Waals surface area contributed by atoms with Crippen LogP contribution in [-0.2, 0) is 9.59 Å². The van der Waals surface area contributed by atoms with Crippen molar-refractivity contribution in [2.24, 2.45) is 5.92 Å². The van der Waals surface area contributed by atoms with Crippen LogP contribution in [-0.4, -0.2) is 83.1 Å². The second-order valence-electron chi connectivity index (χ2n) is 7.54. The average Bonchev–Trinajstić information content (AvgIpc) is 3.01. The van der Waals surface area contributed by atoms with Crippen molar-refractivity contribution >= 4 is 17.9 Å². The third kappa shape index (κ3) is 6.19. The number of carboxylic acid groups (broad SMARTS) is 1. The Kier molecular flexibility index (Phi) is 8.45. The number of amides is 3. The van der Waals surface area contributed by atoms with Gasteiger partial charge in [-0.25, -0.2) is 4.79 Å². The van der Waals surface area contributed by atoms with E-state index in [9.17, 15) is 24.6 Å². The van der Waals surface area contributed by atoms with Crippen molar-refractivity contribution in [1.29, 1.82) is 0 Å². The monoisotopic (exact) mass is 405 g/mol. The summed E-state index contributed by atoms with van der Waals surface area (Å²) in [6, 6.07) is 8.19. The molecule has 0 aromatic heterocycles. The highest BCUT2D eigenvalue weighted by Crippen LogP contribution is 2.24. The van der Waals surface area contributed by atoms with Crippen molar-refractivity contribution in [3.8, 4) is 0 Å². The molecule has 1 aliphatic heterocycles. The second-order valence-corrected chi connectivity index (χ2v) is 7.54. The van der Waals surface area contributed by atoms with E-state index in [1.807, 2.05) is 4.90 Å². The Morgan fingerprint density at radius 2 is 1.52 bits per heavy atom. The Labute approximate surface area is 171 Å². The van der Waals surface area contributed by atoms with Gasteiger partial charge in [0.2, 0.25) is 5.91 Å². The minimum atomic E-state index is -1.60. The summed E-state index contributed by atoms with van der Waals surface area (Å²) in [6.07, 6.45) is 2.81. The molecule has 0 aliphatic carbocycles. The molecule has 1 saturated heterocycles. The fraction of sp³-hybridized carbons (Fsp3) is 0.571. The van der Waals surface area contributed by atoms with Crippen molar-refractivity contribution in [2.45, 2.75) is 31.8 Å². The van der Waals surface area contributed by atoms with Crippen molar-refractivity contribution < 1.29 is 24.6 Å². The number of aliphatic hydroxyl groups excluding tert-OH is 1. The predicted molar refractivity (Wildman–Crippen MR) is 108 cm³/mol. The highest BCUT2D eigenvalue weighted by Gasteiger charge is 2.36. The number of benzene rings is 1. The van der Waals surface area contributed by atoms with Gasteiger partial charge in [-0.15, -0.1) is 0 Å². The molecule has 8 heteroatoms. The van der Waals surface area contributed by atoms with Gasteiger partial charge in [-0.05, 0) is 18.4 Å². The molecule has 0 radical (unpaired) electrons. The maximum atomic E-state index is 12.7. The van der Waals surface area contributed by atoms with E-state index in [0.717, 1.165) is 38.8 Å². The van der Waals surface area contributed by atoms with Crippen LogP contribution < -0.4 is 0 Å². The van der Waals surface area contributed by atoms with E-state index in [2.05, 4.69) is 0 Å². The van der Waals surface area contributed by atoms with Gasteiger partial charge in [0.15, 0.2) is 5.92 Å². The lowest BCUT2D eigenvalue weighted by atomic mass is 9.94. The van der Waals surface area contributed by atoms with E-state index in [1.54, 1.807) is 42.3 Å². The van der Waals surface area contributed by atoms with Gasteiger partial charge in [-0.1, -0.05) is 43.2 Å². The largest absolute Gasteiger partial charge is 0.481 e. The number of likely N-dealkylation sites (N-methyl/N-ethyl adjacent to an activating group) is 2. The van der Waals surface area contributed by atoms with Gasteiger partial charge in [0.25, 0.3) is 0 Å². The van der Waals surface area contributed by atoms with Gasteiger partial charge in [-0.2, -0.15) is 0 Å². The minimum absolute atomic E-state index is 0.0770. The zero-order valence-corrected chi connectivity index (χ0v) is 17.2. The zero-order valence-electron chi connectivity index (χ0n) is 17.2. The Bertz CT molecular complexity index is 689. The fourth-order valence-electron chi connectivity index (χ4n) is 3.47.